The highest BCUT2D eigenvalue weighted by molar-refractivity contribution is 5.04. The Morgan fingerprint density at radius 1 is 1.21 bits per heavy atom. The molecule has 4 heteroatoms. The van der Waals surface area contributed by atoms with Crippen molar-refractivity contribution in [2.45, 2.75) is 33.4 Å². The average Bonchev–Trinajstić information content (AvgIpc) is 2.85. The summed E-state index contributed by atoms with van der Waals surface area (Å²) in [7, 11) is 0. The second kappa shape index (κ2) is 7.04. The van der Waals surface area contributed by atoms with Crippen LogP contribution in [-0.4, -0.2) is 21.1 Å². The van der Waals surface area contributed by atoms with Crippen LogP contribution in [0.1, 0.15) is 25.4 Å². The maximum absolute atomic E-state index is 4.41. The molecule has 0 bridgehead atoms. The molecule has 2 rings (SSSR count). The Morgan fingerprint density at radius 3 is 2.84 bits per heavy atom. The van der Waals surface area contributed by atoms with Crippen LogP contribution in [0.15, 0.2) is 36.8 Å². The third-order valence-corrected chi connectivity index (χ3v) is 2.97. The molecule has 0 radical (unpaired) electrons. The average molecular weight is 258 g/mol. The van der Waals surface area contributed by atoms with Gasteiger partial charge in [0.25, 0.3) is 0 Å². The van der Waals surface area contributed by atoms with Crippen LogP contribution in [0.2, 0.25) is 0 Å². The van der Waals surface area contributed by atoms with Crippen LogP contribution in [0, 0.1) is 5.92 Å². The van der Waals surface area contributed by atoms with Gasteiger partial charge in [0.15, 0.2) is 0 Å². The molecule has 4 nitrogen and oxygen atoms in total. The van der Waals surface area contributed by atoms with Crippen molar-refractivity contribution in [2.24, 2.45) is 5.92 Å². The summed E-state index contributed by atoms with van der Waals surface area (Å²) >= 11 is 0. The van der Waals surface area contributed by atoms with Crippen LogP contribution < -0.4 is 5.32 Å². The highest BCUT2D eigenvalue weighted by Gasteiger charge is 2.03. The molecule has 0 amide bonds. The Bertz CT molecular complexity index is 476. The Hall–Kier alpha value is -1.68. The lowest BCUT2D eigenvalue weighted by molar-refractivity contribution is 0.526. The summed E-state index contributed by atoms with van der Waals surface area (Å²) in [5, 5.41) is 3.43. The van der Waals surface area contributed by atoms with Gasteiger partial charge in [-0.3, -0.25) is 4.98 Å². The van der Waals surface area contributed by atoms with Crippen LogP contribution in [0.4, 0.5) is 0 Å². The summed E-state index contributed by atoms with van der Waals surface area (Å²) < 4.78 is 2.20. The van der Waals surface area contributed by atoms with E-state index in [2.05, 4.69) is 39.8 Å². The molecule has 2 aromatic heterocycles. The fourth-order valence-corrected chi connectivity index (χ4v) is 1.96. The molecule has 1 N–H and O–H groups in total. The lowest BCUT2D eigenvalue weighted by atomic mass is 10.2. The monoisotopic (exact) mass is 258 g/mol. The Kier molecular flexibility index (Phi) is 5.10. The molecule has 0 saturated heterocycles. The molecule has 0 spiro atoms. The zero-order valence-corrected chi connectivity index (χ0v) is 11.7. The summed E-state index contributed by atoms with van der Waals surface area (Å²) in [6, 6.07) is 6.04. The Morgan fingerprint density at radius 2 is 2.11 bits per heavy atom. The van der Waals surface area contributed by atoms with E-state index < -0.39 is 0 Å². The van der Waals surface area contributed by atoms with E-state index in [9.17, 15) is 0 Å². The maximum Gasteiger partial charge on any atom is 0.122 e. The number of nitrogens with one attached hydrogen (secondary N) is 1. The van der Waals surface area contributed by atoms with E-state index in [0.717, 1.165) is 37.6 Å². The van der Waals surface area contributed by atoms with E-state index in [1.165, 1.54) is 0 Å². The zero-order chi connectivity index (χ0) is 13.5. The first-order valence-corrected chi connectivity index (χ1v) is 6.86. The van der Waals surface area contributed by atoms with Gasteiger partial charge in [-0.05, 0) is 24.6 Å². The van der Waals surface area contributed by atoms with Gasteiger partial charge in [0.1, 0.15) is 5.82 Å². The number of rotatable bonds is 7. The first-order chi connectivity index (χ1) is 9.25. The van der Waals surface area contributed by atoms with E-state index in [-0.39, 0.29) is 0 Å². The molecule has 0 aliphatic carbocycles. The first-order valence-electron chi connectivity index (χ1n) is 6.86. The van der Waals surface area contributed by atoms with Crippen LogP contribution in [0.25, 0.3) is 0 Å². The second-order valence-electron chi connectivity index (χ2n) is 5.13. The fraction of sp³-hybridized carbons (Fsp3) is 0.467. The molecule has 19 heavy (non-hydrogen) atoms. The Balaban J connectivity index is 1.85. The minimum atomic E-state index is 0.664. The van der Waals surface area contributed by atoms with Crippen molar-refractivity contribution >= 4 is 0 Å². The van der Waals surface area contributed by atoms with Crippen LogP contribution >= 0.6 is 0 Å². The van der Waals surface area contributed by atoms with Gasteiger partial charge in [-0.25, -0.2) is 4.98 Å². The molecule has 102 valence electrons. The summed E-state index contributed by atoms with van der Waals surface area (Å²) in [6.07, 6.45) is 6.68. The van der Waals surface area contributed by atoms with Crippen LogP contribution in [-0.2, 0) is 19.5 Å². The Labute approximate surface area is 114 Å². The van der Waals surface area contributed by atoms with Gasteiger partial charge in [-0.1, -0.05) is 19.9 Å². The number of pyridine rings is 1. The predicted molar refractivity (Wildman–Crippen MR) is 76.7 cm³/mol. The van der Waals surface area contributed by atoms with E-state index in [0.29, 0.717) is 5.92 Å². The van der Waals surface area contributed by atoms with Crippen molar-refractivity contribution < 1.29 is 0 Å². The molecule has 0 aromatic carbocycles. The number of aromatic nitrogens is 3. The smallest absolute Gasteiger partial charge is 0.122 e. The van der Waals surface area contributed by atoms with Gasteiger partial charge >= 0.3 is 0 Å². The van der Waals surface area contributed by atoms with Gasteiger partial charge in [0.05, 0.1) is 6.54 Å². The van der Waals surface area contributed by atoms with Gasteiger partial charge in [-0.2, -0.15) is 0 Å². The molecular formula is C15H22N4. The molecule has 0 aliphatic heterocycles. The lowest BCUT2D eigenvalue weighted by Crippen LogP contribution is -2.21. The highest BCUT2D eigenvalue weighted by atomic mass is 15.1. The molecular weight excluding hydrogens is 236 g/mol. The third-order valence-electron chi connectivity index (χ3n) is 2.97. The van der Waals surface area contributed by atoms with Crippen LogP contribution in [0.3, 0.4) is 0 Å². The van der Waals surface area contributed by atoms with Crippen molar-refractivity contribution in [3.05, 3.63) is 48.3 Å². The molecule has 0 unspecified atom stereocenters. The highest BCUT2D eigenvalue weighted by Crippen LogP contribution is 2.02. The predicted octanol–water partition coefficient (Wildman–Crippen LogP) is 2.27. The molecule has 0 aliphatic rings. The largest absolute Gasteiger partial charge is 0.333 e. The van der Waals surface area contributed by atoms with Crippen LogP contribution in [0.5, 0.6) is 0 Å². The molecule has 2 heterocycles. The summed E-state index contributed by atoms with van der Waals surface area (Å²) in [6.45, 7) is 7.19. The van der Waals surface area contributed by atoms with Gasteiger partial charge in [0, 0.05) is 37.3 Å². The summed E-state index contributed by atoms with van der Waals surface area (Å²) in [5.41, 5.74) is 1.12. The van der Waals surface area contributed by atoms with Crippen molar-refractivity contribution in [1.29, 1.82) is 0 Å². The quantitative estimate of drug-likeness (QED) is 0.828. The minimum Gasteiger partial charge on any atom is -0.333 e. The normalized spacial score (nSPS) is 11.1. The number of hydrogen-bond donors (Lipinski definition) is 1. The van der Waals surface area contributed by atoms with Gasteiger partial charge in [0.2, 0.25) is 0 Å². The first kappa shape index (κ1) is 13.7. The van der Waals surface area contributed by atoms with Crippen molar-refractivity contribution in [2.75, 3.05) is 6.54 Å². The van der Waals surface area contributed by atoms with E-state index in [1.54, 1.807) is 0 Å². The SMILES string of the molecule is CC(C)CNCc1nccn1CCc1ccccn1. The topological polar surface area (TPSA) is 42.7 Å². The summed E-state index contributed by atoms with van der Waals surface area (Å²) in [4.78, 5) is 8.75. The molecule has 0 saturated carbocycles. The van der Waals surface area contributed by atoms with Crippen molar-refractivity contribution in [1.82, 2.24) is 19.9 Å². The zero-order valence-electron chi connectivity index (χ0n) is 11.7. The number of nitrogens with zero attached hydrogens (tertiary/aromatic N) is 3. The van der Waals surface area contributed by atoms with Gasteiger partial charge in [-0.15, -0.1) is 0 Å². The van der Waals surface area contributed by atoms with Gasteiger partial charge < -0.3 is 9.88 Å². The van der Waals surface area contributed by atoms with E-state index in [1.807, 2.05) is 30.7 Å². The lowest BCUT2D eigenvalue weighted by Gasteiger charge is -2.10. The number of aryl methyl sites for hydroxylation is 2. The molecule has 2 aromatic rings. The van der Waals surface area contributed by atoms with Crippen molar-refractivity contribution in [3.63, 3.8) is 0 Å². The molecule has 0 atom stereocenters. The van der Waals surface area contributed by atoms with E-state index >= 15 is 0 Å². The fourth-order valence-electron chi connectivity index (χ4n) is 1.96. The number of imidazole rings is 1. The minimum absolute atomic E-state index is 0.664. The third kappa shape index (κ3) is 4.48. The van der Waals surface area contributed by atoms with E-state index in [4.69, 9.17) is 0 Å². The second-order valence-corrected chi connectivity index (χ2v) is 5.13. The standard InChI is InChI=1S/C15H22N4/c1-13(2)11-16-12-15-18-8-10-19(15)9-6-14-5-3-4-7-17-14/h3-5,7-8,10,13,16H,6,9,11-12H2,1-2H3. The number of hydrogen-bond acceptors (Lipinski definition) is 3. The molecule has 0 fully saturated rings. The van der Waals surface area contributed by atoms with Crippen molar-refractivity contribution in [3.8, 4) is 0 Å². The maximum atomic E-state index is 4.41. The summed E-state index contributed by atoms with van der Waals surface area (Å²) in [5.74, 6) is 1.76.